The predicted octanol–water partition coefficient (Wildman–Crippen LogP) is 0.933. The molecular formula is C16H20FN3O4S. The van der Waals surface area contributed by atoms with Crippen molar-refractivity contribution in [2.75, 3.05) is 18.8 Å². The van der Waals surface area contributed by atoms with Crippen molar-refractivity contribution < 1.29 is 22.4 Å². The summed E-state index contributed by atoms with van der Waals surface area (Å²) in [5.41, 5.74) is -0.596. The summed E-state index contributed by atoms with van der Waals surface area (Å²) in [5.74, 6) is -1.33. The molecule has 1 aromatic rings. The second-order valence-corrected chi connectivity index (χ2v) is 8.69. The number of rotatable bonds is 4. The van der Waals surface area contributed by atoms with E-state index in [1.807, 2.05) is 6.07 Å². The van der Waals surface area contributed by atoms with Crippen LogP contribution in [0.1, 0.15) is 31.2 Å². The Bertz CT molecular complexity index is 805. The number of benzene rings is 1. The lowest BCUT2D eigenvalue weighted by Crippen LogP contribution is -2.53. The van der Waals surface area contributed by atoms with Crippen LogP contribution in [0.25, 0.3) is 0 Å². The van der Waals surface area contributed by atoms with Gasteiger partial charge in [0.2, 0.25) is 10.0 Å². The highest BCUT2D eigenvalue weighted by atomic mass is 32.2. The van der Waals surface area contributed by atoms with E-state index < -0.39 is 33.3 Å². The summed E-state index contributed by atoms with van der Waals surface area (Å²) >= 11 is 0. The van der Waals surface area contributed by atoms with Crippen LogP contribution in [0.3, 0.4) is 0 Å². The molecule has 2 fully saturated rings. The highest BCUT2D eigenvalue weighted by molar-refractivity contribution is 7.89. The fourth-order valence-corrected chi connectivity index (χ4v) is 5.25. The number of hydrogen-bond acceptors (Lipinski definition) is 4. The summed E-state index contributed by atoms with van der Waals surface area (Å²) < 4.78 is 39.9. The zero-order chi connectivity index (χ0) is 18.2. The lowest BCUT2D eigenvalue weighted by Gasteiger charge is -2.33. The number of sulfonamides is 1. The molecule has 25 heavy (non-hydrogen) atoms. The minimum Gasteiger partial charge on any atom is -0.322 e. The number of carbonyl (C=O) groups excluding carboxylic acids is 2. The fourth-order valence-electron chi connectivity index (χ4n) is 3.37. The second-order valence-electron chi connectivity index (χ2n) is 6.72. The Balaban J connectivity index is 1.66. The highest BCUT2D eigenvalue weighted by Crippen LogP contribution is 2.30. The molecule has 2 aliphatic heterocycles. The smallest absolute Gasteiger partial charge is 0.322 e. The van der Waals surface area contributed by atoms with E-state index in [-0.39, 0.29) is 11.7 Å². The molecule has 0 radical (unpaired) electrons. The van der Waals surface area contributed by atoms with E-state index in [2.05, 4.69) is 10.6 Å². The van der Waals surface area contributed by atoms with Crippen molar-refractivity contribution in [3.05, 3.63) is 35.6 Å². The average Bonchev–Trinajstić information content (AvgIpc) is 2.78. The Hall–Kier alpha value is -2.00. The molecule has 2 heterocycles. The molecule has 0 bridgehead atoms. The van der Waals surface area contributed by atoms with Crippen molar-refractivity contribution in [1.82, 2.24) is 14.9 Å². The van der Waals surface area contributed by atoms with Gasteiger partial charge in [-0.15, -0.1) is 0 Å². The van der Waals surface area contributed by atoms with Crippen molar-refractivity contribution in [3.8, 4) is 0 Å². The van der Waals surface area contributed by atoms with Gasteiger partial charge in [-0.2, -0.15) is 0 Å². The molecule has 0 aliphatic carbocycles. The average molecular weight is 369 g/mol. The van der Waals surface area contributed by atoms with Gasteiger partial charge < -0.3 is 5.32 Å². The fraction of sp³-hybridized carbons (Fsp3) is 0.500. The van der Waals surface area contributed by atoms with E-state index in [0.29, 0.717) is 25.9 Å². The van der Waals surface area contributed by atoms with Crippen molar-refractivity contribution >= 4 is 22.0 Å². The predicted molar refractivity (Wildman–Crippen MR) is 88.8 cm³/mol. The molecule has 2 aliphatic rings. The van der Waals surface area contributed by atoms with Crippen molar-refractivity contribution in [2.45, 2.75) is 31.2 Å². The van der Waals surface area contributed by atoms with Crippen molar-refractivity contribution in [1.29, 1.82) is 0 Å². The van der Waals surface area contributed by atoms with E-state index >= 15 is 0 Å². The molecule has 2 N–H and O–H groups in total. The Kier molecular flexibility index (Phi) is 4.54. The zero-order valence-corrected chi connectivity index (χ0v) is 14.6. The van der Waals surface area contributed by atoms with Gasteiger partial charge in [0.05, 0.1) is 5.75 Å². The number of nitrogens with zero attached hydrogens (tertiary/aromatic N) is 1. The van der Waals surface area contributed by atoms with Gasteiger partial charge in [0.1, 0.15) is 11.4 Å². The van der Waals surface area contributed by atoms with Crippen molar-refractivity contribution in [3.63, 3.8) is 0 Å². The summed E-state index contributed by atoms with van der Waals surface area (Å²) in [5, 5.41) is 4.43. The van der Waals surface area contributed by atoms with Gasteiger partial charge in [0.25, 0.3) is 5.91 Å². The molecule has 1 atom stereocenters. The number of halogens is 1. The lowest BCUT2D eigenvalue weighted by molar-refractivity contribution is -0.122. The van der Waals surface area contributed by atoms with Gasteiger partial charge >= 0.3 is 6.03 Å². The van der Waals surface area contributed by atoms with Crippen molar-refractivity contribution in [2.24, 2.45) is 0 Å². The van der Waals surface area contributed by atoms with Crippen LogP contribution < -0.4 is 10.6 Å². The Morgan fingerprint density at radius 1 is 1.28 bits per heavy atom. The zero-order valence-electron chi connectivity index (χ0n) is 13.8. The SMILES string of the molecule is C[C@]1(CS(=O)(=O)N2CCC(c3cccc(F)c3)CC2)NC(=O)NC1=O. The number of urea groups is 1. The maximum atomic E-state index is 13.3. The molecule has 136 valence electrons. The van der Waals surface area contributed by atoms with E-state index in [1.54, 1.807) is 6.07 Å². The third-order valence-electron chi connectivity index (χ3n) is 4.76. The minimum atomic E-state index is -3.71. The second kappa shape index (κ2) is 6.38. The molecule has 3 rings (SSSR count). The first-order valence-electron chi connectivity index (χ1n) is 8.06. The van der Waals surface area contributed by atoms with Gasteiger partial charge in [-0.3, -0.25) is 10.1 Å². The van der Waals surface area contributed by atoms with Gasteiger partial charge in [0.15, 0.2) is 0 Å². The van der Waals surface area contributed by atoms with Gasteiger partial charge in [0, 0.05) is 13.1 Å². The van der Waals surface area contributed by atoms with Crippen LogP contribution in [0.15, 0.2) is 24.3 Å². The van der Waals surface area contributed by atoms with E-state index in [4.69, 9.17) is 0 Å². The minimum absolute atomic E-state index is 0.104. The molecule has 3 amide bonds. The molecule has 1 aromatic carbocycles. The number of carbonyl (C=O) groups is 2. The topological polar surface area (TPSA) is 95.6 Å². The summed E-state index contributed by atoms with van der Waals surface area (Å²) in [6.07, 6.45) is 1.16. The molecule has 7 nitrogen and oxygen atoms in total. The summed E-state index contributed by atoms with van der Waals surface area (Å²) in [6.45, 7) is 1.99. The van der Waals surface area contributed by atoms with Crippen LogP contribution in [-0.2, 0) is 14.8 Å². The maximum Gasteiger partial charge on any atom is 0.322 e. The Labute approximate surface area is 145 Å². The monoisotopic (exact) mass is 369 g/mol. The first-order chi connectivity index (χ1) is 11.7. The third kappa shape index (κ3) is 3.67. The Morgan fingerprint density at radius 2 is 1.96 bits per heavy atom. The molecule has 0 aromatic heterocycles. The number of piperidine rings is 1. The summed E-state index contributed by atoms with van der Waals surface area (Å²) in [7, 11) is -3.71. The molecule has 0 unspecified atom stereocenters. The van der Waals surface area contributed by atoms with E-state index in [0.717, 1.165) is 5.56 Å². The molecule has 0 saturated carbocycles. The largest absolute Gasteiger partial charge is 0.322 e. The quantitative estimate of drug-likeness (QED) is 0.772. The summed E-state index contributed by atoms with van der Waals surface area (Å²) in [4.78, 5) is 23.1. The van der Waals surface area contributed by atoms with Crippen LogP contribution in [0.5, 0.6) is 0 Å². The van der Waals surface area contributed by atoms with Crippen LogP contribution in [0.4, 0.5) is 9.18 Å². The third-order valence-corrected chi connectivity index (χ3v) is 6.85. The van der Waals surface area contributed by atoms with Gasteiger partial charge in [-0.05, 0) is 43.4 Å². The van der Waals surface area contributed by atoms with Crippen LogP contribution in [0, 0.1) is 5.82 Å². The maximum absolute atomic E-state index is 13.3. The number of hydrogen-bond donors (Lipinski definition) is 2. The standard InChI is InChI=1S/C16H20FN3O4S/c1-16(14(21)18-15(22)19-16)10-25(23,24)20-7-5-11(6-8-20)12-3-2-4-13(17)9-12/h2-4,9,11H,5-8,10H2,1H3,(H2,18,19,21,22)/t16-/m1/s1. The summed E-state index contributed by atoms with van der Waals surface area (Å²) in [6, 6.07) is 5.67. The molecule has 2 saturated heterocycles. The molecule has 0 spiro atoms. The number of imide groups is 1. The highest BCUT2D eigenvalue weighted by Gasteiger charge is 2.46. The van der Waals surface area contributed by atoms with Crippen LogP contribution in [-0.4, -0.2) is 49.0 Å². The number of amides is 3. The number of nitrogens with one attached hydrogen (secondary N) is 2. The lowest BCUT2D eigenvalue weighted by atomic mass is 9.90. The molecule has 9 heteroatoms. The van der Waals surface area contributed by atoms with Gasteiger partial charge in [-0.25, -0.2) is 21.9 Å². The van der Waals surface area contributed by atoms with E-state index in [9.17, 15) is 22.4 Å². The van der Waals surface area contributed by atoms with Crippen LogP contribution in [0.2, 0.25) is 0 Å². The first kappa shape index (κ1) is 17.8. The molecular weight excluding hydrogens is 349 g/mol. The van der Waals surface area contributed by atoms with Gasteiger partial charge in [-0.1, -0.05) is 12.1 Å². The van der Waals surface area contributed by atoms with Crippen LogP contribution >= 0.6 is 0 Å². The van der Waals surface area contributed by atoms with E-state index in [1.165, 1.54) is 23.4 Å². The normalized spacial score (nSPS) is 25.7. The Morgan fingerprint density at radius 3 is 2.52 bits per heavy atom. The first-order valence-corrected chi connectivity index (χ1v) is 9.67.